The molecule has 206 valence electrons. The molecule has 0 radical (unpaired) electrons. The van der Waals surface area contributed by atoms with Gasteiger partial charge in [0.2, 0.25) is 0 Å². The van der Waals surface area contributed by atoms with Crippen molar-refractivity contribution in [3.8, 4) is 39.7 Å². The van der Waals surface area contributed by atoms with Crippen molar-refractivity contribution in [2.45, 2.75) is 32.2 Å². The van der Waals surface area contributed by atoms with E-state index in [9.17, 15) is 4.39 Å². The first-order valence-corrected chi connectivity index (χ1v) is 14.0. The van der Waals surface area contributed by atoms with Crippen LogP contribution in [0, 0.1) is 11.7 Å². The van der Waals surface area contributed by atoms with Crippen molar-refractivity contribution >= 4 is 21.9 Å². The highest BCUT2D eigenvalue weighted by atomic mass is 19.1. The number of aromatic nitrogens is 6. The zero-order valence-electron chi connectivity index (χ0n) is 22.7. The number of nitrogens with one attached hydrogen (secondary N) is 3. The Morgan fingerprint density at radius 1 is 0.976 bits per heavy atom. The lowest BCUT2D eigenvalue weighted by Crippen LogP contribution is -2.20. The molecule has 0 bridgehead atoms. The molecule has 1 aliphatic rings. The van der Waals surface area contributed by atoms with Gasteiger partial charge in [0.15, 0.2) is 0 Å². The van der Waals surface area contributed by atoms with E-state index in [-0.39, 0.29) is 5.82 Å². The first-order valence-electron chi connectivity index (χ1n) is 14.0. The van der Waals surface area contributed by atoms with Gasteiger partial charge in [-0.25, -0.2) is 9.37 Å². The van der Waals surface area contributed by atoms with E-state index in [1.165, 1.54) is 44.9 Å². The summed E-state index contributed by atoms with van der Waals surface area (Å²) >= 11 is 0. The SMILES string of the molecule is COc1cc(F)cc(-c2nccc3[nH]c(-c4n[nH]c5ccc(-c6cncc(CNCC7CCCC7)c6)nc45)cc23)c1. The lowest BCUT2D eigenvalue weighted by atomic mass is 10.1. The van der Waals surface area contributed by atoms with Gasteiger partial charge >= 0.3 is 0 Å². The summed E-state index contributed by atoms with van der Waals surface area (Å²) in [6.07, 6.45) is 10.8. The van der Waals surface area contributed by atoms with Crippen molar-refractivity contribution in [2.75, 3.05) is 13.7 Å². The van der Waals surface area contributed by atoms with Crippen molar-refractivity contribution in [1.82, 2.24) is 35.5 Å². The Bertz CT molecular complexity index is 1850. The number of pyridine rings is 3. The molecule has 0 spiro atoms. The molecule has 41 heavy (non-hydrogen) atoms. The maximum absolute atomic E-state index is 14.3. The highest BCUT2D eigenvalue weighted by molar-refractivity contribution is 5.99. The van der Waals surface area contributed by atoms with Crippen LogP contribution in [0.5, 0.6) is 5.75 Å². The lowest BCUT2D eigenvalue weighted by Gasteiger charge is -2.11. The van der Waals surface area contributed by atoms with Crippen LogP contribution < -0.4 is 10.1 Å². The molecule has 1 fully saturated rings. The Morgan fingerprint density at radius 3 is 2.76 bits per heavy atom. The van der Waals surface area contributed by atoms with Gasteiger partial charge in [-0.1, -0.05) is 12.8 Å². The van der Waals surface area contributed by atoms with E-state index >= 15 is 0 Å². The van der Waals surface area contributed by atoms with Gasteiger partial charge < -0.3 is 15.0 Å². The number of rotatable bonds is 8. The Morgan fingerprint density at radius 2 is 1.88 bits per heavy atom. The molecule has 1 saturated carbocycles. The van der Waals surface area contributed by atoms with Crippen molar-refractivity contribution < 1.29 is 9.13 Å². The number of ether oxygens (including phenoxy) is 1. The van der Waals surface area contributed by atoms with E-state index < -0.39 is 0 Å². The van der Waals surface area contributed by atoms with Gasteiger partial charge in [-0.15, -0.1) is 0 Å². The number of H-pyrrole nitrogens is 2. The number of halogens is 1. The van der Waals surface area contributed by atoms with Gasteiger partial charge in [-0.3, -0.25) is 15.1 Å². The normalized spacial score (nSPS) is 13.9. The summed E-state index contributed by atoms with van der Waals surface area (Å²) in [4.78, 5) is 17.5. The van der Waals surface area contributed by atoms with Crippen LogP contribution in [0.3, 0.4) is 0 Å². The largest absolute Gasteiger partial charge is 0.497 e. The second-order valence-corrected chi connectivity index (χ2v) is 10.7. The van der Waals surface area contributed by atoms with Crippen LogP contribution in [0.1, 0.15) is 31.2 Å². The zero-order valence-corrected chi connectivity index (χ0v) is 22.7. The minimum Gasteiger partial charge on any atom is -0.497 e. The molecule has 0 atom stereocenters. The number of nitrogens with zero attached hydrogens (tertiary/aromatic N) is 4. The number of methoxy groups -OCH3 is 1. The third kappa shape index (κ3) is 5.04. The first-order chi connectivity index (χ1) is 20.1. The van der Waals surface area contributed by atoms with Crippen LogP contribution in [-0.2, 0) is 6.54 Å². The molecule has 5 aromatic heterocycles. The molecule has 5 heterocycles. The lowest BCUT2D eigenvalue weighted by molar-refractivity contribution is 0.411. The predicted molar refractivity (Wildman–Crippen MR) is 158 cm³/mol. The molecule has 0 unspecified atom stereocenters. The standard InChI is InChI=1S/C32H30FN7O/c1-41-24-12-21(11-23(33)13-24)30-25-14-29(37-27(25)8-9-36-30)32-31-28(39-40-32)7-6-26(38-31)22-10-20(17-35-18-22)16-34-15-19-4-2-3-5-19/h6-14,17-19,34,37H,2-5,15-16H2,1H3,(H,39,40). The van der Waals surface area contributed by atoms with Crippen LogP contribution in [0.4, 0.5) is 4.39 Å². The Balaban J connectivity index is 1.21. The monoisotopic (exact) mass is 547 g/mol. The number of hydrogen-bond acceptors (Lipinski definition) is 6. The smallest absolute Gasteiger partial charge is 0.135 e. The molecular formula is C32H30FN7O. The average Bonchev–Trinajstić information content (AvgIpc) is 3.76. The maximum atomic E-state index is 14.3. The van der Waals surface area contributed by atoms with Crippen LogP contribution in [0.25, 0.3) is 55.8 Å². The minimum absolute atomic E-state index is 0.382. The molecule has 0 amide bonds. The topological polar surface area (TPSA) is 104 Å². The summed E-state index contributed by atoms with van der Waals surface area (Å²) in [5.41, 5.74) is 8.15. The maximum Gasteiger partial charge on any atom is 0.135 e. The van der Waals surface area contributed by atoms with E-state index in [0.29, 0.717) is 22.7 Å². The second kappa shape index (κ2) is 10.7. The molecule has 0 aliphatic heterocycles. The van der Waals surface area contributed by atoms with E-state index in [4.69, 9.17) is 9.72 Å². The van der Waals surface area contributed by atoms with Crippen molar-refractivity contribution in [1.29, 1.82) is 0 Å². The average molecular weight is 548 g/mol. The number of benzene rings is 1. The fraction of sp³-hybridized carbons (Fsp3) is 0.250. The van der Waals surface area contributed by atoms with E-state index in [2.05, 4.69) is 36.5 Å². The highest BCUT2D eigenvalue weighted by Gasteiger charge is 2.17. The highest BCUT2D eigenvalue weighted by Crippen LogP contribution is 2.34. The van der Waals surface area contributed by atoms with Crippen molar-refractivity contribution in [3.05, 3.63) is 78.5 Å². The third-order valence-electron chi connectivity index (χ3n) is 7.92. The zero-order chi connectivity index (χ0) is 27.8. The number of aromatic amines is 2. The fourth-order valence-corrected chi connectivity index (χ4v) is 5.84. The van der Waals surface area contributed by atoms with Gasteiger partial charge in [-0.05, 0) is 73.3 Å². The van der Waals surface area contributed by atoms with E-state index in [1.54, 1.807) is 12.3 Å². The Labute approximate surface area is 236 Å². The molecule has 9 heteroatoms. The van der Waals surface area contributed by atoms with Gasteiger partial charge in [-0.2, -0.15) is 5.10 Å². The molecule has 1 aliphatic carbocycles. The first kappa shape index (κ1) is 25.3. The van der Waals surface area contributed by atoms with Crippen molar-refractivity contribution in [3.63, 3.8) is 0 Å². The van der Waals surface area contributed by atoms with E-state index in [1.807, 2.05) is 36.7 Å². The molecule has 6 aromatic rings. The van der Waals surface area contributed by atoms with Crippen molar-refractivity contribution in [2.24, 2.45) is 5.92 Å². The predicted octanol–water partition coefficient (Wildman–Crippen LogP) is 6.66. The number of hydrogen-bond donors (Lipinski definition) is 3. The van der Waals surface area contributed by atoms with Gasteiger partial charge in [0.05, 0.1) is 29.7 Å². The Hall–Kier alpha value is -4.63. The Kier molecular flexibility index (Phi) is 6.64. The summed E-state index contributed by atoms with van der Waals surface area (Å²) in [5.74, 6) is 0.850. The molecule has 8 nitrogen and oxygen atoms in total. The number of fused-ring (bicyclic) bond motifs is 2. The molecule has 1 aromatic carbocycles. The quantitative estimate of drug-likeness (QED) is 0.197. The minimum atomic E-state index is -0.382. The third-order valence-corrected chi connectivity index (χ3v) is 7.92. The molecule has 7 rings (SSSR count). The van der Waals surface area contributed by atoms with Gasteiger partial charge in [0, 0.05) is 53.2 Å². The van der Waals surface area contributed by atoms with E-state index in [0.717, 1.165) is 63.5 Å². The van der Waals surface area contributed by atoms with Crippen LogP contribution in [0.2, 0.25) is 0 Å². The summed E-state index contributed by atoms with van der Waals surface area (Å²) < 4.78 is 19.6. The van der Waals surface area contributed by atoms with Crippen LogP contribution in [-0.4, -0.2) is 43.8 Å². The summed E-state index contributed by atoms with van der Waals surface area (Å²) in [7, 11) is 1.52. The summed E-state index contributed by atoms with van der Waals surface area (Å²) in [6, 6.07) is 14.6. The van der Waals surface area contributed by atoms with Gasteiger partial charge in [0.25, 0.3) is 0 Å². The summed E-state index contributed by atoms with van der Waals surface area (Å²) in [5, 5.41) is 12.2. The molecule has 3 N–H and O–H groups in total. The van der Waals surface area contributed by atoms with Crippen LogP contribution >= 0.6 is 0 Å². The van der Waals surface area contributed by atoms with Crippen LogP contribution in [0.15, 0.2) is 67.1 Å². The van der Waals surface area contributed by atoms with Gasteiger partial charge in [0.1, 0.15) is 22.8 Å². The fourth-order valence-electron chi connectivity index (χ4n) is 5.84. The molecule has 0 saturated heterocycles. The summed E-state index contributed by atoms with van der Waals surface area (Å²) in [6.45, 7) is 1.85. The second-order valence-electron chi connectivity index (χ2n) is 10.7. The molecular weight excluding hydrogens is 517 g/mol.